The van der Waals surface area contributed by atoms with Crippen LogP contribution >= 0.6 is 0 Å². The van der Waals surface area contributed by atoms with E-state index >= 15 is 0 Å². The molecule has 0 spiro atoms. The standard InChI is InChI=1S/C18H21NO2/c1-19-18(15-8-4-5-9-16(15)20-2)14-11-12-21-17-10-6-3-7-13(14)17/h3-10,14,18-19H,11-12H2,1-2H3. The number of para-hydroxylation sites is 2. The Kier molecular flexibility index (Phi) is 4.11. The third-order valence-electron chi connectivity index (χ3n) is 4.19. The van der Waals surface area contributed by atoms with Crippen LogP contribution in [0.15, 0.2) is 48.5 Å². The van der Waals surface area contributed by atoms with Crippen LogP contribution in [0.5, 0.6) is 11.5 Å². The van der Waals surface area contributed by atoms with E-state index in [1.54, 1.807) is 7.11 Å². The van der Waals surface area contributed by atoms with Crippen molar-refractivity contribution >= 4 is 0 Å². The fraction of sp³-hybridized carbons (Fsp3) is 0.333. The minimum atomic E-state index is 0.214. The minimum Gasteiger partial charge on any atom is -0.496 e. The first-order valence-electron chi connectivity index (χ1n) is 7.37. The molecule has 0 bridgehead atoms. The van der Waals surface area contributed by atoms with Crippen molar-refractivity contribution in [3.63, 3.8) is 0 Å². The lowest BCUT2D eigenvalue weighted by atomic mass is 9.83. The van der Waals surface area contributed by atoms with Crippen LogP contribution in [0.3, 0.4) is 0 Å². The fourth-order valence-electron chi connectivity index (χ4n) is 3.21. The largest absolute Gasteiger partial charge is 0.496 e. The van der Waals surface area contributed by atoms with Crippen LogP contribution in [0.25, 0.3) is 0 Å². The highest BCUT2D eigenvalue weighted by molar-refractivity contribution is 5.43. The first-order valence-corrected chi connectivity index (χ1v) is 7.37. The molecule has 0 aliphatic carbocycles. The van der Waals surface area contributed by atoms with Gasteiger partial charge in [-0.15, -0.1) is 0 Å². The van der Waals surface area contributed by atoms with E-state index in [9.17, 15) is 0 Å². The van der Waals surface area contributed by atoms with Gasteiger partial charge in [0.25, 0.3) is 0 Å². The molecule has 2 aromatic rings. The zero-order valence-corrected chi connectivity index (χ0v) is 12.5. The summed E-state index contributed by atoms with van der Waals surface area (Å²) in [5.74, 6) is 2.32. The Morgan fingerprint density at radius 3 is 2.71 bits per heavy atom. The molecule has 1 aliphatic rings. The molecule has 2 unspecified atom stereocenters. The lowest BCUT2D eigenvalue weighted by Crippen LogP contribution is -2.28. The van der Waals surface area contributed by atoms with Gasteiger partial charge in [-0.1, -0.05) is 36.4 Å². The summed E-state index contributed by atoms with van der Waals surface area (Å²) in [5, 5.41) is 3.47. The highest BCUT2D eigenvalue weighted by Crippen LogP contribution is 2.43. The van der Waals surface area contributed by atoms with Crippen molar-refractivity contribution in [3.05, 3.63) is 59.7 Å². The van der Waals surface area contributed by atoms with Crippen molar-refractivity contribution < 1.29 is 9.47 Å². The Balaban J connectivity index is 2.01. The van der Waals surface area contributed by atoms with E-state index in [1.165, 1.54) is 11.1 Å². The number of fused-ring (bicyclic) bond motifs is 1. The fourth-order valence-corrected chi connectivity index (χ4v) is 3.21. The molecule has 2 atom stereocenters. The molecular formula is C18H21NO2. The van der Waals surface area contributed by atoms with Crippen LogP contribution in [-0.2, 0) is 0 Å². The molecule has 0 aromatic heterocycles. The first kappa shape index (κ1) is 14.0. The van der Waals surface area contributed by atoms with Gasteiger partial charge in [0.15, 0.2) is 0 Å². The number of hydrogen-bond donors (Lipinski definition) is 1. The molecule has 0 radical (unpaired) electrons. The van der Waals surface area contributed by atoms with Crippen molar-refractivity contribution in [2.45, 2.75) is 18.4 Å². The van der Waals surface area contributed by atoms with Gasteiger partial charge in [-0.2, -0.15) is 0 Å². The predicted octanol–water partition coefficient (Wildman–Crippen LogP) is 3.52. The second kappa shape index (κ2) is 6.19. The summed E-state index contributed by atoms with van der Waals surface area (Å²) in [5.41, 5.74) is 2.47. The Hall–Kier alpha value is -2.00. The van der Waals surface area contributed by atoms with Crippen LogP contribution in [0.1, 0.15) is 29.5 Å². The highest BCUT2D eigenvalue weighted by atomic mass is 16.5. The van der Waals surface area contributed by atoms with Crippen LogP contribution in [0, 0.1) is 0 Å². The highest BCUT2D eigenvalue weighted by Gasteiger charge is 2.30. The smallest absolute Gasteiger partial charge is 0.123 e. The second-order valence-electron chi connectivity index (χ2n) is 5.29. The molecule has 110 valence electrons. The van der Waals surface area contributed by atoms with Gasteiger partial charge in [0, 0.05) is 17.5 Å². The molecule has 3 heteroatoms. The van der Waals surface area contributed by atoms with Crippen LogP contribution in [0.2, 0.25) is 0 Å². The number of hydrogen-bond acceptors (Lipinski definition) is 3. The van der Waals surface area contributed by atoms with Crippen LogP contribution in [0.4, 0.5) is 0 Å². The topological polar surface area (TPSA) is 30.5 Å². The Morgan fingerprint density at radius 2 is 1.90 bits per heavy atom. The predicted molar refractivity (Wildman–Crippen MR) is 84.1 cm³/mol. The number of benzene rings is 2. The molecular weight excluding hydrogens is 262 g/mol. The monoisotopic (exact) mass is 283 g/mol. The van der Waals surface area contributed by atoms with E-state index in [1.807, 2.05) is 25.2 Å². The number of likely N-dealkylation sites (N-methyl/N-ethyl adjacent to an activating group) is 1. The van der Waals surface area contributed by atoms with Gasteiger partial charge < -0.3 is 14.8 Å². The van der Waals surface area contributed by atoms with Gasteiger partial charge in [0.2, 0.25) is 0 Å². The number of methoxy groups -OCH3 is 1. The Bertz CT molecular complexity index is 612. The first-order chi connectivity index (χ1) is 10.3. The zero-order chi connectivity index (χ0) is 14.7. The molecule has 1 heterocycles. The van der Waals surface area contributed by atoms with Gasteiger partial charge in [-0.3, -0.25) is 0 Å². The van der Waals surface area contributed by atoms with E-state index < -0.39 is 0 Å². The quantitative estimate of drug-likeness (QED) is 0.931. The van der Waals surface area contributed by atoms with E-state index in [0.29, 0.717) is 5.92 Å². The maximum Gasteiger partial charge on any atom is 0.123 e. The lowest BCUT2D eigenvalue weighted by Gasteiger charge is -2.33. The average molecular weight is 283 g/mol. The van der Waals surface area contributed by atoms with E-state index in [2.05, 4.69) is 35.6 Å². The molecule has 3 rings (SSSR count). The third-order valence-corrected chi connectivity index (χ3v) is 4.19. The van der Waals surface area contributed by atoms with Gasteiger partial charge in [-0.25, -0.2) is 0 Å². The normalized spacial score (nSPS) is 18.5. The molecule has 0 fully saturated rings. The van der Waals surface area contributed by atoms with Crippen molar-refractivity contribution in [3.8, 4) is 11.5 Å². The summed E-state index contributed by atoms with van der Waals surface area (Å²) >= 11 is 0. The summed E-state index contributed by atoms with van der Waals surface area (Å²) < 4.78 is 11.3. The third kappa shape index (κ3) is 2.61. The Labute approximate surface area is 125 Å². The van der Waals surface area contributed by atoms with E-state index in [-0.39, 0.29) is 6.04 Å². The Morgan fingerprint density at radius 1 is 1.14 bits per heavy atom. The molecule has 2 aromatic carbocycles. The molecule has 3 nitrogen and oxygen atoms in total. The summed E-state index contributed by atoms with van der Waals surface area (Å²) in [6.07, 6.45) is 1.00. The molecule has 0 amide bonds. The summed E-state index contributed by atoms with van der Waals surface area (Å²) in [6.45, 7) is 0.759. The number of nitrogens with one attached hydrogen (secondary N) is 1. The van der Waals surface area contributed by atoms with Crippen molar-refractivity contribution in [2.24, 2.45) is 0 Å². The van der Waals surface area contributed by atoms with Gasteiger partial charge in [0.1, 0.15) is 11.5 Å². The summed E-state index contributed by atoms with van der Waals surface area (Å²) in [4.78, 5) is 0. The average Bonchev–Trinajstić information content (AvgIpc) is 2.56. The second-order valence-corrected chi connectivity index (χ2v) is 5.29. The lowest BCUT2D eigenvalue weighted by molar-refractivity contribution is 0.247. The van der Waals surface area contributed by atoms with Gasteiger partial charge in [-0.05, 0) is 31.2 Å². The SMILES string of the molecule is CNC(c1ccccc1OC)C1CCOc2ccccc21. The number of rotatable bonds is 4. The van der Waals surface area contributed by atoms with Gasteiger partial charge in [0.05, 0.1) is 13.7 Å². The summed E-state index contributed by atoms with van der Waals surface area (Å²) in [6, 6.07) is 16.8. The summed E-state index contributed by atoms with van der Waals surface area (Å²) in [7, 11) is 3.73. The maximum absolute atomic E-state index is 5.78. The molecule has 21 heavy (non-hydrogen) atoms. The number of ether oxygens (including phenoxy) is 2. The van der Waals surface area contributed by atoms with Crippen LogP contribution in [-0.4, -0.2) is 20.8 Å². The van der Waals surface area contributed by atoms with Gasteiger partial charge >= 0.3 is 0 Å². The molecule has 1 aliphatic heterocycles. The van der Waals surface area contributed by atoms with Crippen molar-refractivity contribution in [1.29, 1.82) is 0 Å². The van der Waals surface area contributed by atoms with Crippen molar-refractivity contribution in [2.75, 3.05) is 20.8 Å². The van der Waals surface area contributed by atoms with Crippen molar-refractivity contribution in [1.82, 2.24) is 5.32 Å². The van der Waals surface area contributed by atoms with Crippen LogP contribution < -0.4 is 14.8 Å². The molecule has 0 saturated carbocycles. The zero-order valence-electron chi connectivity index (χ0n) is 12.5. The molecule has 0 saturated heterocycles. The van der Waals surface area contributed by atoms with E-state index in [0.717, 1.165) is 24.5 Å². The van der Waals surface area contributed by atoms with E-state index in [4.69, 9.17) is 9.47 Å². The minimum absolute atomic E-state index is 0.214. The maximum atomic E-state index is 5.78. The molecule has 1 N–H and O–H groups in total.